The minimum atomic E-state index is -0.164. The van der Waals surface area contributed by atoms with Gasteiger partial charge in [0.25, 0.3) is 5.56 Å². The van der Waals surface area contributed by atoms with Gasteiger partial charge < -0.3 is 5.32 Å². The highest BCUT2D eigenvalue weighted by molar-refractivity contribution is 9.10. The molecule has 2 heterocycles. The molecular formula is C16H16BrN5O. The predicted octanol–water partition coefficient (Wildman–Crippen LogP) is 2.40. The van der Waals surface area contributed by atoms with Crippen LogP contribution in [0.5, 0.6) is 0 Å². The molecule has 0 amide bonds. The summed E-state index contributed by atoms with van der Waals surface area (Å²) in [5, 5.41) is 11.5. The molecule has 1 aromatic carbocycles. The van der Waals surface area contributed by atoms with E-state index in [2.05, 4.69) is 43.6 Å². The van der Waals surface area contributed by atoms with Gasteiger partial charge in [0.1, 0.15) is 4.47 Å². The van der Waals surface area contributed by atoms with Gasteiger partial charge in [0.2, 0.25) is 0 Å². The Balaban J connectivity index is 1.71. The number of anilines is 1. The van der Waals surface area contributed by atoms with Gasteiger partial charge in [-0.1, -0.05) is 24.3 Å². The third-order valence-electron chi connectivity index (χ3n) is 3.46. The fourth-order valence-electron chi connectivity index (χ4n) is 2.25. The summed E-state index contributed by atoms with van der Waals surface area (Å²) in [4.78, 5) is 11.8. The zero-order chi connectivity index (χ0) is 16.2. The molecule has 23 heavy (non-hydrogen) atoms. The molecule has 2 aromatic heterocycles. The first-order valence-corrected chi connectivity index (χ1v) is 7.94. The first-order valence-electron chi connectivity index (χ1n) is 7.14. The topological polar surface area (TPSA) is 64.7 Å². The summed E-state index contributed by atoms with van der Waals surface area (Å²) in [6.45, 7) is 1.35. The van der Waals surface area contributed by atoms with Gasteiger partial charge in [-0.2, -0.15) is 10.2 Å². The molecule has 6 nitrogen and oxygen atoms in total. The lowest BCUT2D eigenvalue weighted by Crippen LogP contribution is -2.21. The Hall–Kier alpha value is -2.41. The zero-order valence-electron chi connectivity index (χ0n) is 12.6. The van der Waals surface area contributed by atoms with Crippen molar-refractivity contribution in [3.8, 4) is 0 Å². The number of nitrogens with one attached hydrogen (secondary N) is 1. The third kappa shape index (κ3) is 3.68. The van der Waals surface area contributed by atoms with Gasteiger partial charge in [-0.05, 0) is 33.1 Å². The summed E-state index contributed by atoms with van der Waals surface area (Å²) in [7, 11) is 1.62. The molecule has 3 rings (SSSR count). The normalized spacial score (nSPS) is 10.7. The summed E-state index contributed by atoms with van der Waals surface area (Å²) in [6.07, 6.45) is 5.35. The van der Waals surface area contributed by atoms with E-state index in [-0.39, 0.29) is 5.56 Å². The zero-order valence-corrected chi connectivity index (χ0v) is 14.2. The lowest BCUT2D eigenvalue weighted by Gasteiger charge is -2.10. The number of aryl methyl sites for hydroxylation is 1. The van der Waals surface area contributed by atoms with Crippen molar-refractivity contribution >= 4 is 21.6 Å². The number of rotatable bonds is 5. The van der Waals surface area contributed by atoms with Crippen LogP contribution in [0, 0.1) is 0 Å². The summed E-state index contributed by atoms with van der Waals surface area (Å²) < 4.78 is 3.66. The van der Waals surface area contributed by atoms with E-state index < -0.39 is 0 Å². The van der Waals surface area contributed by atoms with E-state index in [9.17, 15) is 4.79 Å². The van der Waals surface area contributed by atoms with Crippen molar-refractivity contribution in [2.24, 2.45) is 7.05 Å². The van der Waals surface area contributed by atoms with Crippen LogP contribution in [-0.2, 0) is 20.1 Å². The molecule has 3 aromatic rings. The van der Waals surface area contributed by atoms with Crippen LogP contribution in [-0.4, -0.2) is 19.6 Å². The minimum absolute atomic E-state index is 0.164. The quantitative estimate of drug-likeness (QED) is 0.745. The third-order valence-corrected chi connectivity index (χ3v) is 4.22. The van der Waals surface area contributed by atoms with Crippen molar-refractivity contribution in [3.05, 3.63) is 74.9 Å². The molecule has 0 saturated carbocycles. The number of hydrogen-bond donors (Lipinski definition) is 1. The number of halogens is 1. The first-order chi connectivity index (χ1) is 11.1. The Bertz CT molecular complexity index is 857. The van der Waals surface area contributed by atoms with Crippen molar-refractivity contribution < 1.29 is 0 Å². The fraction of sp³-hybridized carbons (Fsp3) is 0.188. The molecule has 0 aliphatic carbocycles. The van der Waals surface area contributed by atoms with Crippen LogP contribution in [0.3, 0.4) is 0 Å². The van der Waals surface area contributed by atoms with E-state index >= 15 is 0 Å². The van der Waals surface area contributed by atoms with E-state index in [0.29, 0.717) is 16.7 Å². The molecule has 0 radical (unpaired) electrons. The number of benzene rings is 1. The van der Waals surface area contributed by atoms with Crippen molar-refractivity contribution in [2.45, 2.75) is 13.1 Å². The molecule has 0 bridgehead atoms. The highest BCUT2D eigenvalue weighted by Crippen LogP contribution is 2.17. The fourth-order valence-corrected chi connectivity index (χ4v) is 2.75. The summed E-state index contributed by atoms with van der Waals surface area (Å²) in [6, 6.07) is 10.2. The number of hydrogen-bond acceptors (Lipinski definition) is 4. The average Bonchev–Trinajstić information content (AvgIpc) is 3.05. The highest BCUT2D eigenvalue weighted by atomic mass is 79.9. The van der Waals surface area contributed by atoms with Crippen LogP contribution < -0.4 is 10.9 Å². The van der Waals surface area contributed by atoms with Crippen LogP contribution >= 0.6 is 15.9 Å². The van der Waals surface area contributed by atoms with Gasteiger partial charge in [-0.3, -0.25) is 9.48 Å². The van der Waals surface area contributed by atoms with Crippen LogP contribution in [0.1, 0.15) is 11.1 Å². The van der Waals surface area contributed by atoms with Crippen LogP contribution in [0.25, 0.3) is 0 Å². The second-order valence-corrected chi connectivity index (χ2v) is 5.97. The first kappa shape index (κ1) is 15.5. The monoisotopic (exact) mass is 373 g/mol. The maximum Gasteiger partial charge on any atom is 0.282 e. The van der Waals surface area contributed by atoms with Crippen molar-refractivity contribution in [2.75, 3.05) is 5.32 Å². The van der Waals surface area contributed by atoms with Crippen LogP contribution in [0.4, 0.5) is 5.69 Å². The molecule has 0 fully saturated rings. The van der Waals surface area contributed by atoms with Crippen molar-refractivity contribution in [1.82, 2.24) is 19.6 Å². The van der Waals surface area contributed by atoms with Gasteiger partial charge >= 0.3 is 0 Å². The second-order valence-electron chi connectivity index (χ2n) is 5.18. The molecule has 0 unspecified atom stereocenters. The van der Waals surface area contributed by atoms with Crippen molar-refractivity contribution in [3.63, 3.8) is 0 Å². The Kier molecular flexibility index (Phi) is 4.57. The van der Waals surface area contributed by atoms with Gasteiger partial charge in [-0.25, -0.2) is 4.68 Å². The maximum absolute atomic E-state index is 11.8. The van der Waals surface area contributed by atoms with Crippen LogP contribution in [0.2, 0.25) is 0 Å². The molecule has 0 spiro atoms. The van der Waals surface area contributed by atoms with E-state index in [4.69, 9.17) is 0 Å². The Labute approximate surface area is 141 Å². The molecule has 0 saturated heterocycles. The minimum Gasteiger partial charge on any atom is -0.379 e. The van der Waals surface area contributed by atoms with Gasteiger partial charge in [0.05, 0.1) is 18.4 Å². The lowest BCUT2D eigenvalue weighted by molar-refractivity contribution is 0.686. The summed E-state index contributed by atoms with van der Waals surface area (Å²) in [5.74, 6) is 0. The molecule has 7 heteroatoms. The van der Waals surface area contributed by atoms with E-state index in [1.807, 2.05) is 29.1 Å². The largest absolute Gasteiger partial charge is 0.379 e. The molecule has 0 aliphatic rings. The molecule has 1 N–H and O–H groups in total. The van der Waals surface area contributed by atoms with E-state index in [1.54, 1.807) is 19.4 Å². The SMILES string of the molecule is Cn1ncc(NCc2cccc(Cn3cccn3)c2)c(Br)c1=O. The Morgan fingerprint density at radius 3 is 2.83 bits per heavy atom. The number of aromatic nitrogens is 4. The van der Waals surface area contributed by atoms with Gasteiger partial charge in [0, 0.05) is 26.0 Å². The molecule has 0 atom stereocenters. The molecule has 0 aliphatic heterocycles. The second kappa shape index (κ2) is 6.78. The smallest absolute Gasteiger partial charge is 0.282 e. The maximum atomic E-state index is 11.8. The molecule has 118 valence electrons. The molecular weight excluding hydrogens is 358 g/mol. The standard InChI is InChI=1S/C16H16BrN5O/c1-21-16(23)15(17)14(10-20-21)18-9-12-4-2-5-13(8-12)11-22-7-3-6-19-22/h2-8,10,18H,9,11H2,1H3. The van der Waals surface area contributed by atoms with Gasteiger partial charge in [-0.15, -0.1) is 0 Å². The Morgan fingerprint density at radius 1 is 1.22 bits per heavy atom. The van der Waals surface area contributed by atoms with Crippen LogP contribution in [0.15, 0.2) is 58.2 Å². The van der Waals surface area contributed by atoms with E-state index in [0.717, 1.165) is 12.1 Å². The van der Waals surface area contributed by atoms with Gasteiger partial charge in [0.15, 0.2) is 0 Å². The highest BCUT2D eigenvalue weighted by Gasteiger charge is 2.06. The average molecular weight is 374 g/mol. The Morgan fingerprint density at radius 2 is 2.04 bits per heavy atom. The lowest BCUT2D eigenvalue weighted by atomic mass is 10.1. The predicted molar refractivity (Wildman–Crippen MR) is 92.3 cm³/mol. The number of nitrogens with zero attached hydrogens (tertiary/aromatic N) is 4. The van der Waals surface area contributed by atoms with E-state index in [1.165, 1.54) is 10.2 Å². The summed E-state index contributed by atoms with van der Waals surface area (Å²) in [5.41, 5.74) is 2.82. The summed E-state index contributed by atoms with van der Waals surface area (Å²) >= 11 is 3.31. The van der Waals surface area contributed by atoms with Crippen molar-refractivity contribution in [1.29, 1.82) is 0 Å².